The van der Waals surface area contributed by atoms with Crippen molar-refractivity contribution in [3.05, 3.63) is 65.2 Å². The van der Waals surface area contributed by atoms with Gasteiger partial charge >= 0.3 is 0 Å². The second kappa shape index (κ2) is 7.85. The molecule has 0 aliphatic carbocycles. The van der Waals surface area contributed by atoms with Crippen molar-refractivity contribution < 1.29 is 4.79 Å². The standard InChI is InChI=1S/C19H18ClN3OS/c1-3-23-18(15-10-7-11-16(20)12-15)21-22-19(23)25-13(2)17(24)14-8-5-4-6-9-14/h4-13H,3H2,1-2H3. The Morgan fingerprint density at radius 3 is 2.60 bits per heavy atom. The third-order valence-corrected chi connectivity index (χ3v) is 5.14. The monoisotopic (exact) mass is 371 g/mol. The quantitative estimate of drug-likeness (QED) is 0.452. The van der Waals surface area contributed by atoms with Crippen LogP contribution in [0.2, 0.25) is 5.02 Å². The van der Waals surface area contributed by atoms with Crippen LogP contribution in [0.25, 0.3) is 11.4 Å². The lowest BCUT2D eigenvalue weighted by Gasteiger charge is -2.11. The molecule has 0 bridgehead atoms. The van der Waals surface area contributed by atoms with Crippen LogP contribution in [-0.2, 0) is 6.54 Å². The van der Waals surface area contributed by atoms with Crippen molar-refractivity contribution in [2.75, 3.05) is 0 Å². The Morgan fingerprint density at radius 1 is 1.16 bits per heavy atom. The van der Waals surface area contributed by atoms with Gasteiger partial charge in [-0.25, -0.2) is 0 Å². The van der Waals surface area contributed by atoms with Gasteiger partial charge in [-0.2, -0.15) is 0 Å². The highest BCUT2D eigenvalue weighted by atomic mass is 35.5. The van der Waals surface area contributed by atoms with E-state index in [1.807, 2.05) is 73.0 Å². The lowest BCUT2D eigenvalue weighted by Crippen LogP contribution is -2.14. The Bertz CT molecular complexity index is 879. The second-order valence-corrected chi connectivity index (χ2v) is 7.30. The van der Waals surface area contributed by atoms with E-state index in [2.05, 4.69) is 10.2 Å². The molecule has 0 aliphatic heterocycles. The topological polar surface area (TPSA) is 47.8 Å². The summed E-state index contributed by atoms with van der Waals surface area (Å²) in [7, 11) is 0. The fourth-order valence-electron chi connectivity index (χ4n) is 2.55. The molecule has 0 saturated carbocycles. The highest BCUT2D eigenvalue weighted by Crippen LogP contribution is 2.29. The second-order valence-electron chi connectivity index (χ2n) is 5.55. The molecule has 128 valence electrons. The molecule has 0 N–H and O–H groups in total. The summed E-state index contributed by atoms with van der Waals surface area (Å²) < 4.78 is 2.01. The third kappa shape index (κ3) is 3.94. The summed E-state index contributed by atoms with van der Waals surface area (Å²) in [5, 5.41) is 9.74. The molecule has 0 spiro atoms. The first kappa shape index (κ1) is 17.7. The Labute approximate surface area is 156 Å². The largest absolute Gasteiger partial charge is 0.302 e. The van der Waals surface area contributed by atoms with E-state index in [1.165, 1.54) is 11.8 Å². The molecule has 1 heterocycles. The lowest BCUT2D eigenvalue weighted by atomic mass is 10.1. The first-order valence-corrected chi connectivity index (χ1v) is 9.31. The molecule has 4 nitrogen and oxygen atoms in total. The average molecular weight is 372 g/mol. The fraction of sp³-hybridized carbons (Fsp3) is 0.211. The van der Waals surface area contributed by atoms with Crippen LogP contribution in [0.5, 0.6) is 0 Å². The molecular weight excluding hydrogens is 354 g/mol. The zero-order chi connectivity index (χ0) is 17.8. The molecule has 3 rings (SSSR count). The van der Waals surface area contributed by atoms with Crippen molar-refractivity contribution in [2.24, 2.45) is 0 Å². The number of Topliss-reactive ketones (excluding diaryl/α,β-unsaturated/α-hetero) is 1. The molecular formula is C19H18ClN3OS. The maximum Gasteiger partial charge on any atom is 0.192 e. The van der Waals surface area contributed by atoms with Crippen LogP contribution < -0.4 is 0 Å². The highest BCUT2D eigenvalue weighted by molar-refractivity contribution is 8.00. The SMILES string of the molecule is CCn1c(SC(C)C(=O)c2ccccc2)nnc1-c1cccc(Cl)c1. The smallest absolute Gasteiger partial charge is 0.192 e. The van der Waals surface area contributed by atoms with E-state index in [0.717, 1.165) is 16.5 Å². The number of carbonyl (C=O) groups excluding carboxylic acids is 1. The van der Waals surface area contributed by atoms with Gasteiger partial charge < -0.3 is 4.57 Å². The summed E-state index contributed by atoms with van der Waals surface area (Å²) in [6, 6.07) is 16.9. The zero-order valence-electron chi connectivity index (χ0n) is 14.0. The molecule has 6 heteroatoms. The molecule has 1 aromatic heterocycles. The van der Waals surface area contributed by atoms with Crippen LogP contribution in [0.3, 0.4) is 0 Å². The van der Waals surface area contributed by atoms with Gasteiger partial charge in [-0.15, -0.1) is 10.2 Å². The number of benzene rings is 2. The zero-order valence-corrected chi connectivity index (χ0v) is 15.6. The van der Waals surface area contributed by atoms with Gasteiger partial charge in [0.25, 0.3) is 0 Å². The van der Waals surface area contributed by atoms with Crippen molar-refractivity contribution in [3.8, 4) is 11.4 Å². The number of rotatable bonds is 6. The van der Waals surface area contributed by atoms with E-state index < -0.39 is 0 Å². The van der Waals surface area contributed by atoms with E-state index >= 15 is 0 Å². The molecule has 0 fully saturated rings. The number of aromatic nitrogens is 3. The van der Waals surface area contributed by atoms with E-state index in [-0.39, 0.29) is 11.0 Å². The summed E-state index contributed by atoms with van der Waals surface area (Å²) in [4.78, 5) is 12.6. The molecule has 25 heavy (non-hydrogen) atoms. The highest BCUT2D eigenvalue weighted by Gasteiger charge is 2.21. The van der Waals surface area contributed by atoms with Crippen molar-refractivity contribution in [3.63, 3.8) is 0 Å². The summed E-state index contributed by atoms with van der Waals surface area (Å²) in [6.07, 6.45) is 0. The van der Waals surface area contributed by atoms with Gasteiger partial charge in [0, 0.05) is 22.7 Å². The van der Waals surface area contributed by atoms with Crippen LogP contribution in [0, 0.1) is 0 Å². The molecule has 1 unspecified atom stereocenters. The maximum absolute atomic E-state index is 12.6. The number of nitrogens with zero attached hydrogens (tertiary/aromatic N) is 3. The summed E-state index contributed by atoms with van der Waals surface area (Å²) in [5.41, 5.74) is 1.62. The Balaban J connectivity index is 1.85. The van der Waals surface area contributed by atoms with Gasteiger partial charge in [0.2, 0.25) is 0 Å². The van der Waals surface area contributed by atoms with Gasteiger partial charge in [0.05, 0.1) is 5.25 Å². The van der Waals surface area contributed by atoms with Gasteiger partial charge in [0.1, 0.15) is 0 Å². The lowest BCUT2D eigenvalue weighted by molar-refractivity contribution is 0.0994. The molecule has 0 aliphatic rings. The number of ketones is 1. The van der Waals surface area contributed by atoms with E-state index in [0.29, 0.717) is 17.1 Å². The molecule has 1 atom stereocenters. The molecule has 2 aromatic carbocycles. The van der Waals surface area contributed by atoms with Crippen LogP contribution >= 0.6 is 23.4 Å². The Morgan fingerprint density at radius 2 is 1.92 bits per heavy atom. The van der Waals surface area contributed by atoms with Crippen LogP contribution in [-0.4, -0.2) is 25.8 Å². The van der Waals surface area contributed by atoms with Crippen molar-refractivity contribution in [1.82, 2.24) is 14.8 Å². The van der Waals surface area contributed by atoms with Gasteiger partial charge in [-0.1, -0.05) is 65.8 Å². The maximum atomic E-state index is 12.6. The van der Waals surface area contributed by atoms with E-state index in [4.69, 9.17) is 11.6 Å². The number of thioether (sulfide) groups is 1. The first-order chi connectivity index (χ1) is 12.1. The number of hydrogen-bond donors (Lipinski definition) is 0. The molecule has 0 amide bonds. The summed E-state index contributed by atoms with van der Waals surface area (Å²) in [6.45, 7) is 4.64. The van der Waals surface area contributed by atoms with E-state index in [1.54, 1.807) is 0 Å². The Kier molecular flexibility index (Phi) is 5.56. The van der Waals surface area contributed by atoms with Crippen molar-refractivity contribution in [1.29, 1.82) is 0 Å². The predicted octanol–water partition coefficient (Wildman–Crippen LogP) is 4.98. The Hall–Kier alpha value is -2.11. The predicted molar refractivity (Wildman–Crippen MR) is 102 cm³/mol. The van der Waals surface area contributed by atoms with Crippen LogP contribution in [0.15, 0.2) is 59.8 Å². The normalized spacial score (nSPS) is 12.1. The minimum atomic E-state index is -0.246. The van der Waals surface area contributed by atoms with Crippen LogP contribution in [0.4, 0.5) is 0 Å². The minimum Gasteiger partial charge on any atom is -0.302 e. The van der Waals surface area contributed by atoms with Gasteiger partial charge in [0.15, 0.2) is 16.8 Å². The summed E-state index contributed by atoms with van der Waals surface area (Å²) >= 11 is 7.51. The van der Waals surface area contributed by atoms with Crippen LogP contribution in [0.1, 0.15) is 24.2 Å². The van der Waals surface area contributed by atoms with Gasteiger partial charge in [-0.05, 0) is 26.0 Å². The molecule has 3 aromatic rings. The summed E-state index contributed by atoms with van der Waals surface area (Å²) in [5.74, 6) is 0.840. The number of hydrogen-bond acceptors (Lipinski definition) is 4. The number of halogens is 1. The van der Waals surface area contributed by atoms with Crippen molar-refractivity contribution in [2.45, 2.75) is 30.8 Å². The fourth-order valence-corrected chi connectivity index (χ4v) is 3.73. The average Bonchev–Trinajstić information content (AvgIpc) is 3.04. The van der Waals surface area contributed by atoms with Crippen molar-refractivity contribution >= 4 is 29.1 Å². The number of carbonyl (C=O) groups is 1. The minimum absolute atomic E-state index is 0.0839. The first-order valence-electron chi connectivity index (χ1n) is 8.05. The van der Waals surface area contributed by atoms with E-state index in [9.17, 15) is 4.79 Å². The van der Waals surface area contributed by atoms with Gasteiger partial charge in [-0.3, -0.25) is 4.79 Å². The third-order valence-electron chi connectivity index (χ3n) is 3.83. The molecule has 0 saturated heterocycles. The molecule has 0 radical (unpaired) electrons.